The molecule has 0 radical (unpaired) electrons. The van der Waals surface area contributed by atoms with Gasteiger partial charge in [0.15, 0.2) is 17.3 Å². The van der Waals surface area contributed by atoms with Crippen LogP contribution in [0.2, 0.25) is 0 Å². The van der Waals surface area contributed by atoms with Gasteiger partial charge in [0, 0.05) is 11.6 Å². The Labute approximate surface area is 209 Å². The molecule has 0 heterocycles. The average Bonchev–Trinajstić information content (AvgIpc) is 3.34. The summed E-state index contributed by atoms with van der Waals surface area (Å²) >= 11 is 0. The predicted octanol–water partition coefficient (Wildman–Crippen LogP) is 7.80. The number of aryl methyl sites for hydroxylation is 2. The zero-order valence-corrected chi connectivity index (χ0v) is 21.0. The highest BCUT2D eigenvalue weighted by molar-refractivity contribution is 6.00. The molecular weight excluding hydrogens is 446 g/mol. The van der Waals surface area contributed by atoms with E-state index in [0.29, 0.717) is 28.9 Å². The summed E-state index contributed by atoms with van der Waals surface area (Å²) in [5.41, 5.74) is 2.96. The van der Waals surface area contributed by atoms with Gasteiger partial charge in [-0.05, 0) is 75.6 Å². The number of ketones is 1. The molecule has 3 aromatic rings. The van der Waals surface area contributed by atoms with Gasteiger partial charge in [-0.2, -0.15) is 0 Å². The molecule has 0 saturated heterocycles. The summed E-state index contributed by atoms with van der Waals surface area (Å²) in [6.07, 6.45) is 5.53. The third kappa shape index (κ3) is 6.62. The van der Waals surface area contributed by atoms with Crippen molar-refractivity contribution >= 4 is 18.2 Å². The number of hydrogen-bond acceptors (Lipinski definition) is 4. The van der Waals surface area contributed by atoms with Gasteiger partial charge in [-0.3, -0.25) is 4.79 Å². The van der Waals surface area contributed by atoms with Crippen molar-refractivity contribution in [2.75, 3.05) is 0 Å². The normalized spacial score (nSPS) is 14.3. The lowest BCUT2D eigenvalue weighted by Gasteiger charge is -2.21. The van der Waals surface area contributed by atoms with Gasteiger partial charge < -0.3 is 14.8 Å². The Hall–Kier alpha value is -2.82. The number of carbonyl (C=O) groups is 1. The van der Waals surface area contributed by atoms with Crippen LogP contribution in [-0.2, 0) is 0 Å². The molecule has 0 aromatic heterocycles. The van der Waals surface area contributed by atoms with Gasteiger partial charge in [0.2, 0.25) is 0 Å². The number of Topliss-reactive ketones (excluding diaryl/α,β-unsaturated/α-hetero) is 1. The average molecular weight is 480 g/mol. The third-order valence-corrected chi connectivity index (χ3v) is 6.24. The van der Waals surface area contributed by atoms with Crippen molar-refractivity contribution in [2.45, 2.75) is 65.0 Å². The van der Waals surface area contributed by atoms with Gasteiger partial charge in [-0.25, -0.2) is 0 Å². The molecule has 0 aliphatic heterocycles. The van der Waals surface area contributed by atoms with Crippen molar-refractivity contribution in [3.8, 4) is 23.0 Å². The number of halogens is 1. The van der Waals surface area contributed by atoms with E-state index in [0.717, 1.165) is 30.6 Å². The zero-order chi connectivity index (χ0) is 23.2. The number of nitrogens with one attached hydrogen (secondary N) is 1. The van der Waals surface area contributed by atoms with Crippen molar-refractivity contribution in [3.05, 3.63) is 83.4 Å². The highest BCUT2D eigenvalue weighted by atomic mass is 35.5. The molecule has 1 aliphatic rings. The van der Waals surface area contributed by atoms with Crippen molar-refractivity contribution < 1.29 is 14.3 Å². The Morgan fingerprint density at radius 2 is 1.38 bits per heavy atom. The van der Waals surface area contributed by atoms with Crippen molar-refractivity contribution in [2.24, 2.45) is 0 Å². The first-order valence-electron chi connectivity index (χ1n) is 11.9. The van der Waals surface area contributed by atoms with Gasteiger partial charge in [0.1, 0.15) is 11.5 Å². The van der Waals surface area contributed by atoms with Gasteiger partial charge in [-0.1, -0.05) is 55.2 Å². The molecule has 0 amide bonds. The van der Waals surface area contributed by atoms with E-state index in [-0.39, 0.29) is 24.2 Å². The van der Waals surface area contributed by atoms with E-state index in [9.17, 15) is 4.79 Å². The number of hydrogen-bond donors (Lipinski definition) is 1. The van der Waals surface area contributed by atoms with Crippen LogP contribution in [0.4, 0.5) is 0 Å². The SMILES string of the molecule is CCC(NC1CCCC1)C(=O)c1ccc(Oc2ccc(C)cc2)c(Oc2ccc(C)cc2)c1.Cl. The molecule has 1 aliphatic carbocycles. The Morgan fingerprint density at radius 3 is 1.91 bits per heavy atom. The minimum Gasteiger partial charge on any atom is -0.453 e. The van der Waals surface area contributed by atoms with E-state index in [1.807, 2.05) is 80.6 Å². The smallest absolute Gasteiger partial charge is 0.179 e. The van der Waals surface area contributed by atoms with Crippen LogP contribution in [0.15, 0.2) is 66.7 Å². The summed E-state index contributed by atoms with van der Waals surface area (Å²) in [6.45, 7) is 6.14. The molecule has 1 atom stereocenters. The Morgan fingerprint density at radius 1 is 0.853 bits per heavy atom. The maximum atomic E-state index is 13.4. The van der Waals surface area contributed by atoms with Gasteiger partial charge >= 0.3 is 0 Å². The quantitative estimate of drug-likeness (QED) is 0.318. The Kier molecular flexibility index (Phi) is 9.14. The van der Waals surface area contributed by atoms with Crippen molar-refractivity contribution in [3.63, 3.8) is 0 Å². The highest BCUT2D eigenvalue weighted by Gasteiger charge is 2.25. The fourth-order valence-corrected chi connectivity index (χ4v) is 4.25. The standard InChI is InChI=1S/C29H33NO3.ClH/c1-4-26(30-23-7-5-6-8-23)29(31)22-13-18-27(32-24-14-9-20(2)10-15-24)28(19-22)33-25-16-11-21(3)12-17-25;/h9-19,23,26,30H,4-8H2,1-3H3;1H. The maximum absolute atomic E-state index is 13.4. The molecule has 1 saturated carbocycles. The number of benzene rings is 3. The molecule has 1 N–H and O–H groups in total. The molecule has 5 heteroatoms. The number of ether oxygens (including phenoxy) is 2. The molecule has 1 fully saturated rings. The second-order valence-corrected chi connectivity index (χ2v) is 8.96. The summed E-state index contributed by atoms with van der Waals surface area (Å²) in [7, 11) is 0. The van der Waals surface area contributed by atoms with Gasteiger partial charge in [0.05, 0.1) is 6.04 Å². The molecule has 4 nitrogen and oxygen atoms in total. The Balaban J connectivity index is 0.00000324. The van der Waals surface area contributed by atoms with Gasteiger partial charge in [-0.15, -0.1) is 12.4 Å². The van der Waals surface area contributed by atoms with Gasteiger partial charge in [0.25, 0.3) is 0 Å². The third-order valence-electron chi connectivity index (χ3n) is 6.24. The fourth-order valence-electron chi connectivity index (χ4n) is 4.25. The van der Waals surface area contributed by atoms with E-state index in [4.69, 9.17) is 9.47 Å². The summed E-state index contributed by atoms with van der Waals surface area (Å²) in [5, 5.41) is 3.58. The second kappa shape index (κ2) is 12.0. The van der Waals surface area contributed by atoms with Crippen LogP contribution < -0.4 is 14.8 Å². The van der Waals surface area contributed by atoms with E-state index in [2.05, 4.69) is 12.2 Å². The lowest BCUT2D eigenvalue weighted by atomic mass is 10.0. The monoisotopic (exact) mass is 479 g/mol. The van der Waals surface area contributed by atoms with Crippen LogP contribution in [0.5, 0.6) is 23.0 Å². The first kappa shape index (κ1) is 25.8. The summed E-state index contributed by atoms with van der Waals surface area (Å²) < 4.78 is 12.3. The lowest BCUT2D eigenvalue weighted by molar-refractivity contribution is 0.0933. The molecule has 180 valence electrons. The summed E-state index contributed by atoms with van der Waals surface area (Å²) in [4.78, 5) is 13.4. The molecule has 34 heavy (non-hydrogen) atoms. The van der Waals surface area contributed by atoms with Crippen LogP contribution in [0.1, 0.15) is 60.5 Å². The van der Waals surface area contributed by atoms with E-state index in [1.165, 1.54) is 18.4 Å². The molecule has 3 aromatic carbocycles. The largest absolute Gasteiger partial charge is 0.453 e. The predicted molar refractivity (Wildman–Crippen MR) is 140 cm³/mol. The van der Waals surface area contributed by atoms with Crippen LogP contribution in [0, 0.1) is 13.8 Å². The van der Waals surface area contributed by atoms with E-state index >= 15 is 0 Å². The topological polar surface area (TPSA) is 47.6 Å². The fraction of sp³-hybridized carbons (Fsp3) is 0.345. The number of rotatable bonds is 9. The van der Waals surface area contributed by atoms with Crippen molar-refractivity contribution in [1.82, 2.24) is 5.32 Å². The van der Waals surface area contributed by atoms with Crippen LogP contribution >= 0.6 is 12.4 Å². The first-order valence-corrected chi connectivity index (χ1v) is 11.9. The van der Waals surface area contributed by atoms with E-state index < -0.39 is 0 Å². The number of carbonyl (C=O) groups excluding carboxylic acids is 1. The maximum Gasteiger partial charge on any atom is 0.179 e. The van der Waals surface area contributed by atoms with Crippen molar-refractivity contribution in [1.29, 1.82) is 0 Å². The minimum absolute atomic E-state index is 0. The molecule has 0 bridgehead atoms. The Bertz CT molecular complexity index is 1070. The van der Waals surface area contributed by atoms with Crippen LogP contribution in [0.3, 0.4) is 0 Å². The first-order chi connectivity index (χ1) is 16.0. The van der Waals surface area contributed by atoms with Crippen LogP contribution in [0.25, 0.3) is 0 Å². The lowest BCUT2D eigenvalue weighted by Crippen LogP contribution is -2.41. The summed E-state index contributed by atoms with van der Waals surface area (Å²) in [6, 6.07) is 21.5. The van der Waals surface area contributed by atoms with Crippen LogP contribution in [-0.4, -0.2) is 17.9 Å². The molecular formula is C29H34ClNO3. The molecule has 0 spiro atoms. The summed E-state index contributed by atoms with van der Waals surface area (Å²) in [5.74, 6) is 2.63. The van der Waals surface area contributed by atoms with E-state index in [1.54, 1.807) is 0 Å². The highest BCUT2D eigenvalue weighted by Crippen LogP contribution is 2.36. The zero-order valence-electron chi connectivity index (χ0n) is 20.2. The molecule has 4 rings (SSSR count). The molecule has 1 unspecified atom stereocenters. The minimum atomic E-state index is -0.191. The second-order valence-electron chi connectivity index (χ2n) is 8.96.